The maximum absolute atomic E-state index is 10.1. The van der Waals surface area contributed by atoms with Gasteiger partial charge >= 0.3 is 0 Å². The van der Waals surface area contributed by atoms with Gasteiger partial charge in [0.05, 0.1) is 6.04 Å². The van der Waals surface area contributed by atoms with Crippen LogP contribution >= 0.6 is 11.6 Å². The number of amides is 1. The highest BCUT2D eigenvalue weighted by molar-refractivity contribution is 6.30. The predicted octanol–water partition coefficient (Wildman–Crippen LogP) is 2.15. The van der Waals surface area contributed by atoms with Crippen LogP contribution in [0.5, 0.6) is 0 Å². The van der Waals surface area contributed by atoms with Crippen LogP contribution in [0.1, 0.15) is 18.5 Å². The molecule has 0 fully saturated rings. The Morgan fingerprint density at radius 2 is 2.00 bits per heavy atom. The number of carbonyl (C=O) groups is 1. The van der Waals surface area contributed by atoms with E-state index in [2.05, 4.69) is 5.32 Å². The summed E-state index contributed by atoms with van der Waals surface area (Å²) in [6.45, 7) is 1.91. The van der Waals surface area contributed by atoms with Crippen LogP contribution in [0.2, 0.25) is 5.02 Å². The molecule has 0 spiro atoms. The summed E-state index contributed by atoms with van der Waals surface area (Å²) in [5.74, 6) is 0. The fourth-order valence-electron chi connectivity index (χ4n) is 0.950. The summed E-state index contributed by atoms with van der Waals surface area (Å²) in [4.78, 5) is 10.1. The highest BCUT2D eigenvalue weighted by Gasteiger charge is 2.01. The molecule has 0 aliphatic heterocycles. The van der Waals surface area contributed by atoms with E-state index in [1.165, 1.54) is 0 Å². The topological polar surface area (TPSA) is 29.1 Å². The molecule has 1 N–H and O–H groups in total. The van der Waals surface area contributed by atoms with E-state index in [-0.39, 0.29) is 6.04 Å². The van der Waals surface area contributed by atoms with Gasteiger partial charge in [0.25, 0.3) is 0 Å². The highest BCUT2D eigenvalue weighted by Crippen LogP contribution is 2.15. The lowest BCUT2D eigenvalue weighted by Gasteiger charge is -2.09. The van der Waals surface area contributed by atoms with Crippen LogP contribution in [0.25, 0.3) is 0 Å². The molecule has 0 aliphatic rings. The van der Waals surface area contributed by atoms with Gasteiger partial charge in [-0.15, -0.1) is 0 Å². The van der Waals surface area contributed by atoms with Crippen LogP contribution in [0.15, 0.2) is 24.3 Å². The van der Waals surface area contributed by atoms with Crippen molar-refractivity contribution in [3.05, 3.63) is 34.9 Å². The SMILES string of the molecule is CC(NC=O)c1ccc(Cl)cc1. The molecule has 3 heteroatoms. The molecule has 0 saturated carbocycles. The van der Waals surface area contributed by atoms with Crippen LogP contribution < -0.4 is 5.32 Å². The molecule has 0 aromatic heterocycles. The number of benzene rings is 1. The van der Waals surface area contributed by atoms with Gasteiger partial charge in [0.2, 0.25) is 6.41 Å². The molecule has 1 rings (SSSR count). The van der Waals surface area contributed by atoms with Gasteiger partial charge in [-0.25, -0.2) is 0 Å². The zero-order valence-electron chi connectivity index (χ0n) is 6.75. The predicted molar refractivity (Wildman–Crippen MR) is 49.1 cm³/mol. The fourth-order valence-corrected chi connectivity index (χ4v) is 1.08. The number of hydrogen-bond acceptors (Lipinski definition) is 1. The molecule has 1 aromatic rings. The van der Waals surface area contributed by atoms with Crippen molar-refractivity contribution in [3.8, 4) is 0 Å². The van der Waals surface area contributed by atoms with Crippen molar-refractivity contribution in [1.29, 1.82) is 0 Å². The molecule has 2 nitrogen and oxygen atoms in total. The van der Waals surface area contributed by atoms with Crippen LogP contribution in [-0.4, -0.2) is 6.41 Å². The largest absolute Gasteiger partial charge is 0.352 e. The van der Waals surface area contributed by atoms with Crippen molar-refractivity contribution < 1.29 is 4.79 Å². The molecule has 1 aromatic carbocycles. The van der Waals surface area contributed by atoms with Gasteiger partial charge in [-0.3, -0.25) is 4.79 Å². The Hall–Kier alpha value is -1.02. The molecule has 1 unspecified atom stereocenters. The quantitative estimate of drug-likeness (QED) is 0.715. The van der Waals surface area contributed by atoms with E-state index in [1.54, 1.807) is 12.1 Å². The maximum Gasteiger partial charge on any atom is 0.207 e. The van der Waals surface area contributed by atoms with Crippen molar-refractivity contribution in [3.63, 3.8) is 0 Å². The Balaban J connectivity index is 2.74. The van der Waals surface area contributed by atoms with E-state index in [1.807, 2.05) is 19.1 Å². The fraction of sp³-hybridized carbons (Fsp3) is 0.222. The maximum atomic E-state index is 10.1. The first-order valence-electron chi connectivity index (χ1n) is 3.69. The molecule has 0 bridgehead atoms. The standard InChI is InChI=1S/C9H10ClNO/c1-7(11-6-12)8-2-4-9(10)5-3-8/h2-7H,1H3,(H,11,12). The Kier molecular flexibility index (Phi) is 3.11. The van der Waals surface area contributed by atoms with Crippen LogP contribution in [0.4, 0.5) is 0 Å². The average molecular weight is 184 g/mol. The summed E-state index contributed by atoms with van der Waals surface area (Å²) in [6, 6.07) is 7.44. The Morgan fingerprint density at radius 3 is 2.50 bits per heavy atom. The number of carbonyl (C=O) groups excluding carboxylic acids is 1. The van der Waals surface area contributed by atoms with E-state index in [9.17, 15) is 4.79 Å². The van der Waals surface area contributed by atoms with Crippen LogP contribution in [0, 0.1) is 0 Å². The summed E-state index contributed by atoms with van der Waals surface area (Å²) < 4.78 is 0. The van der Waals surface area contributed by atoms with Crippen molar-refractivity contribution in [2.75, 3.05) is 0 Å². The molecule has 1 atom stereocenters. The van der Waals surface area contributed by atoms with Gasteiger partial charge in [0.15, 0.2) is 0 Å². The molecular formula is C9H10ClNO. The lowest BCUT2D eigenvalue weighted by molar-refractivity contribution is -0.110. The molecular weight excluding hydrogens is 174 g/mol. The highest BCUT2D eigenvalue weighted by atomic mass is 35.5. The number of hydrogen-bond donors (Lipinski definition) is 1. The second kappa shape index (κ2) is 4.12. The monoisotopic (exact) mass is 183 g/mol. The van der Waals surface area contributed by atoms with Gasteiger partial charge in [0.1, 0.15) is 0 Å². The molecule has 64 valence electrons. The minimum absolute atomic E-state index is 0.0415. The minimum Gasteiger partial charge on any atom is -0.352 e. The molecule has 0 saturated heterocycles. The summed E-state index contributed by atoms with van der Waals surface area (Å²) in [7, 11) is 0. The third-order valence-corrected chi connectivity index (χ3v) is 1.94. The third kappa shape index (κ3) is 2.24. The first kappa shape index (κ1) is 9.07. The molecule has 12 heavy (non-hydrogen) atoms. The second-order valence-electron chi connectivity index (χ2n) is 2.56. The second-order valence-corrected chi connectivity index (χ2v) is 2.99. The minimum atomic E-state index is 0.0415. The average Bonchev–Trinajstić information content (AvgIpc) is 2.06. The normalized spacial score (nSPS) is 12.2. The third-order valence-electron chi connectivity index (χ3n) is 1.69. The number of rotatable bonds is 3. The summed E-state index contributed by atoms with van der Waals surface area (Å²) in [5.41, 5.74) is 1.05. The van der Waals surface area contributed by atoms with E-state index in [4.69, 9.17) is 11.6 Å². The van der Waals surface area contributed by atoms with Crippen molar-refractivity contribution >= 4 is 18.0 Å². The van der Waals surface area contributed by atoms with Crippen molar-refractivity contribution in [2.45, 2.75) is 13.0 Å². The first-order chi connectivity index (χ1) is 5.74. The van der Waals surface area contributed by atoms with Gasteiger partial charge in [0, 0.05) is 5.02 Å². The summed E-state index contributed by atoms with van der Waals surface area (Å²) >= 11 is 5.70. The van der Waals surface area contributed by atoms with Gasteiger partial charge in [-0.2, -0.15) is 0 Å². The van der Waals surface area contributed by atoms with Gasteiger partial charge in [-0.05, 0) is 24.6 Å². The lowest BCUT2D eigenvalue weighted by Crippen LogP contribution is -2.15. The first-order valence-corrected chi connectivity index (χ1v) is 4.07. The summed E-state index contributed by atoms with van der Waals surface area (Å²) in [5, 5.41) is 3.36. The smallest absolute Gasteiger partial charge is 0.207 e. The van der Waals surface area contributed by atoms with Gasteiger partial charge in [-0.1, -0.05) is 23.7 Å². The Labute approximate surface area is 76.5 Å². The molecule has 0 heterocycles. The molecule has 0 radical (unpaired) electrons. The van der Waals surface area contributed by atoms with Crippen LogP contribution in [0.3, 0.4) is 0 Å². The van der Waals surface area contributed by atoms with E-state index >= 15 is 0 Å². The lowest BCUT2D eigenvalue weighted by atomic mass is 10.1. The zero-order chi connectivity index (χ0) is 8.97. The number of nitrogens with one attached hydrogen (secondary N) is 1. The Morgan fingerprint density at radius 1 is 1.42 bits per heavy atom. The van der Waals surface area contributed by atoms with Gasteiger partial charge < -0.3 is 5.32 Å². The molecule has 1 amide bonds. The van der Waals surface area contributed by atoms with E-state index in [0.717, 1.165) is 5.56 Å². The zero-order valence-corrected chi connectivity index (χ0v) is 7.51. The van der Waals surface area contributed by atoms with E-state index in [0.29, 0.717) is 11.4 Å². The van der Waals surface area contributed by atoms with Crippen molar-refractivity contribution in [2.24, 2.45) is 0 Å². The Bertz CT molecular complexity index is 258. The van der Waals surface area contributed by atoms with E-state index < -0.39 is 0 Å². The number of halogens is 1. The molecule has 0 aliphatic carbocycles. The van der Waals surface area contributed by atoms with Crippen molar-refractivity contribution in [1.82, 2.24) is 5.32 Å². The summed E-state index contributed by atoms with van der Waals surface area (Å²) in [6.07, 6.45) is 0.694. The van der Waals surface area contributed by atoms with Crippen LogP contribution in [-0.2, 0) is 4.79 Å².